The van der Waals surface area contributed by atoms with E-state index in [1.807, 2.05) is 0 Å². The fraction of sp³-hybridized carbons (Fsp3) is 0.943. The van der Waals surface area contributed by atoms with Crippen LogP contribution < -0.4 is 0 Å². The average molecular weight is 593 g/mol. The minimum atomic E-state index is -1.34. The standard InChI is InChI=1S/C35H60O7/c1-20(2)10-9-14-35(8,42-30-29(40)28(39)23(37)19-41-30)21-11-16-34(7)27(21)22(36)18-25-32(5)15-13-26(38)31(3,4)24(32)12-17-33(25,34)6/h10,21-30,36-40H,9,11-19H2,1-8H3/t21?,22-,23-,24?,25?,26+,27?,28+,29?,30+,32+,33-,34-,35+/m1/s1. The first-order chi connectivity index (χ1) is 19.4. The Labute approximate surface area is 254 Å². The van der Waals surface area contributed by atoms with Crippen molar-refractivity contribution in [3.8, 4) is 0 Å². The third kappa shape index (κ3) is 4.87. The zero-order valence-corrected chi connectivity index (χ0v) is 27.5. The van der Waals surface area contributed by atoms with Gasteiger partial charge in [-0.25, -0.2) is 0 Å². The van der Waals surface area contributed by atoms with E-state index >= 15 is 0 Å². The molecule has 42 heavy (non-hydrogen) atoms. The van der Waals surface area contributed by atoms with E-state index in [-0.39, 0.29) is 46.2 Å². The molecule has 5 aliphatic rings. The van der Waals surface area contributed by atoms with Crippen molar-refractivity contribution in [2.75, 3.05) is 6.61 Å². The van der Waals surface area contributed by atoms with Crippen LogP contribution in [0.5, 0.6) is 0 Å². The molecule has 5 rings (SSSR count). The van der Waals surface area contributed by atoms with Gasteiger partial charge in [-0.15, -0.1) is 0 Å². The van der Waals surface area contributed by atoms with Crippen molar-refractivity contribution in [1.82, 2.24) is 0 Å². The summed E-state index contributed by atoms with van der Waals surface area (Å²) in [6.45, 7) is 18.1. The molecule has 0 amide bonds. The van der Waals surface area contributed by atoms with Gasteiger partial charge in [0.1, 0.15) is 18.3 Å². The molecule has 0 radical (unpaired) electrons. The van der Waals surface area contributed by atoms with Crippen LogP contribution in [0, 0.1) is 45.3 Å². The number of hydrogen-bond donors (Lipinski definition) is 5. The van der Waals surface area contributed by atoms with Gasteiger partial charge in [0.25, 0.3) is 0 Å². The predicted octanol–water partition coefficient (Wildman–Crippen LogP) is 4.96. The highest BCUT2D eigenvalue weighted by atomic mass is 16.7. The third-order valence-corrected chi connectivity index (χ3v) is 14.2. The van der Waals surface area contributed by atoms with Crippen LogP contribution in [0.2, 0.25) is 0 Å². The molecule has 4 aliphatic carbocycles. The van der Waals surface area contributed by atoms with Gasteiger partial charge in [0, 0.05) is 0 Å². The van der Waals surface area contributed by atoms with Crippen LogP contribution in [0.15, 0.2) is 11.6 Å². The quantitative estimate of drug-likeness (QED) is 0.277. The molecular formula is C35H60O7. The number of allylic oxidation sites excluding steroid dienone is 2. The molecule has 4 saturated carbocycles. The zero-order valence-electron chi connectivity index (χ0n) is 27.5. The lowest BCUT2D eigenvalue weighted by atomic mass is 9.35. The smallest absolute Gasteiger partial charge is 0.186 e. The Bertz CT molecular complexity index is 1020. The largest absolute Gasteiger partial charge is 0.393 e. The average Bonchev–Trinajstić information content (AvgIpc) is 3.29. The molecule has 0 aromatic rings. The number of aliphatic hydroxyl groups excluding tert-OH is 5. The van der Waals surface area contributed by atoms with Gasteiger partial charge >= 0.3 is 0 Å². The van der Waals surface area contributed by atoms with Gasteiger partial charge in [0.15, 0.2) is 6.29 Å². The Morgan fingerprint density at radius 1 is 0.857 bits per heavy atom. The molecule has 7 heteroatoms. The van der Waals surface area contributed by atoms with Crippen molar-refractivity contribution in [2.45, 2.75) is 156 Å². The molecule has 0 bridgehead atoms. The molecular weight excluding hydrogens is 532 g/mol. The van der Waals surface area contributed by atoms with E-state index in [1.165, 1.54) is 5.57 Å². The molecule has 1 heterocycles. The SMILES string of the molecule is CC(C)=CCC[C@](C)(O[C@@H]1OC[C@@H](O)[C@H](O)C1O)C1CC[C@]2(C)C1[C@H](O)CC1[C@@]3(C)CC[C@H](O)C(C)(C)C3CC[C@]12C. The lowest BCUT2D eigenvalue weighted by Gasteiger charge is -2.70. The van der Waals surface area contributed by atoms with Gasteiger partial charge in [-0.05, 0) is 124 Å². The third-order valence-electron chi connectivity index (χ3n) is 14.2. The van der Waals surface area contributed by atoms with Crippen molar-refractivity contribution >= 4 is 0 Å². The summed E-state index contributed by atoms with van der Waals surface area (Å²) in [5, 5.41) is 54.5. The maximum absolute atomic E-state index is 12.2. The number of ether oxygens (including phenoxy) is 2. The lowest BCUT2D eigenvalue weighted by Crippen LogP contribution is -2.66. The van der Waals surface area contributed by atoms with Crippen molar-refractivity contribution in [2.24, 2.45) is 45.3 Å². The van der Waals surface area contributed by atoms with Crippen molar-refractivity contribution in [3.63, 3.8) is 0 Å². The van der Waals surface area contributed by atoms with Gasteiger partial charge in [-0.2, -0.15) is 0 Å². The molecule has 5 unspecified atom stereocenters. The number of fused-ring (bicyclic) bond motifs is 5. The molecule has 5 N–H and O–H groups in total. The summed E-state index contributed by atoms with van der Waals surface area (Å²) >= 11 is 0. The molecule has 0 spiro atoms. The summed E-state index contributed by atoms with van der Waals surface area (Å²) in [7, 11) is 0. The summed E-state index contributed by atoms with van der Waals surface area (Å²) in [5.74, 6) is 0.897. The van der Waals surface area contributed by atoms with Crippen LogP contribution >= 0.6 is 0 Å². The maximum Gasteiger partial charge on any atom is 0.186 e. The molecule has 0 aromatic carbocycles. The topological polar surface area (TPSA) is 120 Å². The van der Waals surface area contributed by atoms with Gasteiger partial charge in [0.05, 0.1) is 24.4 Å². The van der Waals surface area contributed by atoms with Crippen LogP contribution in [0.25, 0.3) is 0 Å². The first-order valence-electron chi connectivity index (χ1n) is 16.8. The van der Waals surface area contributed by atoms with E-state index in [9.17, 15) is 25.5 Å². The highest BCUT2D eigenvalue weighted by Crippen LogP contribution is 2.76. The summed E-state index contributed by atoms with van der Waals surface area (Å²) in [6.07, 6.45) is 4.86. The van der Waals surface area contributed by atoms with Gasteiger partial charge in [0.2, 0.25) is 0 Å². The summed E-state index contributed by atoms with van der Waals surface area (Å²) in [4.78, 5) is 0. The van der Waals surface area contributed by atoms with Crippen LogP contribution in [-0.2, 0) is 9.47 Å². The van der Waals surface area contributed by atoms with Crippen LogP contribution in [-0.4, -0.2) is 74.6 Å². The molecule has 242 valence electrons. The number of hydrogen-bond acceptors (Lipinski definition) is 7. The molecule has 14 atom stereocenters. The van der Waals surface area contributed by atoms with E-state index in [4.69, 9.17) is 9.47 Å². The summed E-state index contributed by atoms with van der Waals surface area (Å²) < 4.78 is 12.5. The maximum atomic E-state index is 12.2. The molecule has 7 nitrogen and oxygen atoms in total. The van der Waals surface area contributed by atoms with Crippen molar-refractivity contribution in [3.05, 3.63) is 11.6 Å². The summed E-state index contributed by atoms with van der Waals surface area (Å²) in [5.41, 5.74) is 0.437. The van der Waals surface area contributed by atoms with Crippen LogP contribution in [0.1, 0.15) is 113 Å². The first-order valence-corrected chi connectivity index (χ1v) is 16.8. The first kappa shape index (κ1) is 32.8. The van der Waals surface area contributed by atoms with Crippen LogP contribution in [0.3, 0.4) is 0 Å². The Kier molecular flexibility index (Phi) is 8.65. The molecule has 0 aromatic heterocycles. The van der Waals surface area contributed by atoms with Crippen molar-refractivity contribution in [1.29, 1.82) is 0 Å². The monoisotopic (exact) mass is 592 g/mol. The number of aliphatic hydroxyl groups is 5. The Morgan fingerprint density at radius 3 is 2.19 bits per heavy atom. The Hall–Kier alpha value is -0.540. The van der Waals surface area contributed by atoms with Gasteiger partial charge in [-0.1, -0.05) is 46.3 Å². The fourth-order valence-electron chi connectivity index (χ4n) is 11.6. The highest BCUT2D eigenvalue weighted by Gasteiger charge is 2.71. The predicted molar refractivity (Wildman–Crippen MR) is 162 cm³/mol. The minimum Gasteiger partial charge on any atom is -0.393 e. The van der Waals surface area contributed by atoms with E-state index in [0.717, 1.165) is 51.4 Å². The van der Waals surface area contributed by atoms with Crippen molar-refractivity contribution < 1.29 is 35.0 Å². The highest BCUT2D eigenvalue weighted by molar-refractivity contribution is 5.20. The van der Waals surface area contributed by atoms with Gasteiger partial charge in [-0.3, -0.25) is 0 Å². The second-order valence-corrected chi connectivity index (χ2v) is 16.8. The summed E-state index contributed by atoms with van der Waals surface area (Å²) in [6, 6.07) is 0. The van der Waals surface area contributed by atoms with Gasteiger partial charge < -0.3 is 35.0 Å². The second kappa shape index (κ2) is 11.1. The number of rotatable bonds is 6. The minimum absolute atomic E-state index is 0.0361. The lowest BCUT2D eigenvalue weighted by molar-refractivity contribution is -0.314. The van der Waals surface area contributed by atoms with E-state index in [2.05, 4.69) is 61.5 Å². The second-order valence-electron chi connectivity index (χ2n) is 16.8. The Morgan fingerprint density at radius 2 is 1.52 bits per heavy atom. The normalized spacial score (nSPS) is 51.5. The zero-order chi connectivity index (χ0) is 31.0. The molecule has 1 saturated heterocycles. The molecule has 5 fully saturated rings. The molecule has 1 aliphatic heterocycles. The van der Waals surface area contributed by atoms with E-state index in [1.54, 1.807) is 0 Å². The van der Waals surface area contributed by atoms with E-state index in [0.29, 0.717) is 18.3 Å². The Balaban J connectivity index is 1.48. The van der Waals surface area contributed by atoms with E-state index < -0.39 is 36.3 Å². The fourth-order valence-corrected chi connectivity index (χ4v) is 11.6. The van der Waals surface area contributed by atoms with Crippen LogP contribution in [0.4, 0.5) is 0 Å².